The average Bonchev–Trinajstić information content (AvgIpc) is 3.25. The number of aliphatic carboxylic acids is 1. The molecule has 1 saturated carbocycles. The number of carbonyl (C=O) groups excluding carboxylic acids is 1. The summed E-state index contributed by atoms with van der Waals surface area (Å²) in [6.45, 7) is 1.91. The zero-order valence-corrected chi connectivity index (χ0v) is 14.3. The van der Waals surface area contributed by atoms with Gasteiger partial charge in [-0.1, -0.05) is 37.1 Å². The van der Waals surface area contributed by atoms with Crippen molar-refractivity contribution in [3.8, 4) is 0 Å². The Balaban J connectivity index is 1.76. The minimum Gasteiger partial charge on any atom is -0.481 e. The van der Waals surface area contributed by atoms with E-state index in [1.807, 2.05) is 42.1 Å². The molecule has 0 aliphatic heterocycles. The highest BCUT2D eigenvalue weighted by molar-refractivity contribution is 5.92. The molecule has 25 heavy (non-hydrogen) atoms. The van der Waals surface area contributed by atoms with Gasteiger partial charge < -0.3 is 10.4 Å². The van der Waals surface area contributed by atoms with Crippen LogP contribution in [0.1, 0.15) is 65.8 Å². The largest absolute Gasteiger partial charge is 0.481 e. The topological polar surface area (TPSA) is 84.2 Å². The van der Waals surface area contributed by atoms with Crippen LogP contribution in [0.4, 0.5) is 0 Å². The number of carboxylic acid groups (broad SMARTS) is 1. The molecule has 1 aliphatic rings. The summed E-state index contributed by atoms with van der Waals surface area (Å²) in [7, 11) is 0. The van der Waals surface area contributed by atoms with Crippen LogP contribution < -0.4 is 5.32 Å². The zero-order valence-electron chi connectivity index (χ0n) is 14.3. The van der Waals surface area contributed by atoms with E-state index in [4.69, 9.17) is 0 Å². The number of nitrogens with one attached hydrogen (secondary N) is 1. The van der Waals surface area contributed by atoms with Crippen LogP contribution in [0.15, 0.2) is 36.5 Å². The molecule has 1 aromatic carbocycles. The Kier molecular flexibility index (Phi) is 5.16. The monoisotopic (exact) mass is 341 g/mol. The van der Waals surface area contributed by atoms with Crippen molar-refractivity contribution in [1.82, 2.24) is 15.1 Å². The van der Waals surface area contributed by atoms with Gasteiger partial charge in [-0.25, -0.2) is 0 Å². The van der Waals surface area contributed by atoms with Gasteiger partial charge in [0.1, 0.15) is 5.69 Å². The molecular formula is C19H23N3O3. The lowest BCUT2D eigenvalue weighted by Gasteiger charge is -2.19. The van der Waals surface area contributed by atoms with Crippen LogP contribution in [-0.4, -0.2) is 26.8 Å². The van der Waals surface area contributed by atoms with Crippen LogP contribution >= 0.6 is 0 Å². The minimum atomic E-state index is -0.954. The third-order valence-corrected chi connectivity index (χ3v) is 4.79. The van der Waals surface area contributed by atoms with Gasteiger partial charge in [0.25, 0.3) is 5.91 Å². The second-order valence-corrected chi connectivity index (χ2v) is 6.60. The van der Waals surface area contributed by atoms with Gasteiger partial charge in [-0.3, -0.25) is 14.3 Å². The lowest BCUT2D eigenvalue weighted by atomic mass is 9.98. The average molecular weight is 341 g/mol. The van der Waals surface area contributed by atoms with Gasteiger partial charge in [-0.05, 0) is 37.0 Å². The van der Waals surface area contributed by atoms with E-state index in [1.165, 1.54) is 12.8 Å². The highest BCUT2D eigenvalue weighted by Crippen LogP contribution is 2.28. The number of nitrogens with zero attached hydrogens (tertiary/aromatic N) is 2. The molecule has 0 spiro atoms. The van der Waals surface area contributed by atoms with Crippen LogP contribution in [0.5, 0.6) is 0 Å². The van der Waals surface area contributed by atoms with E-state index in [2.05, 4.69) is 10.4 Å². The molecule has 0 radical (unpaired) electrons. The van der Waals surface area contributed by atoms with Crippen LogP contribution in [0.2, 0.25) is 0 Å². The predicted molar refractivity (Wildman–Crippen MR) is 93.4 cm³/mol. The molecule has 1 aromatic heterocycles. The highest BCUT2D eigenvalue weighted by Gasteiger charge is 2.23. The van der Waals surface area contributed by atoms with E-state index in [1.54, 1.807) is 6.07 Å². The number of hydrogen-bond acceptors (Lipinski definition) is 3. The Morgan fingerprint density at radius 1 is 1.28 bits per heavy atom. The molecule has 1 fully saturated rings. The van der Waals surface area contributed by atoms with Gasteiger partial charge in [-0.15, -0.1) is 0 Å². The van der Waals surface area contributed by atoms with Gasteiger partial charge in [-0.2, -0.15) is 5.10 Å². The number of rotatable bonds is 6. The van der Waals surface area contributed by atoms with Gasteiger partial charge in [0, 0.05) is 6.20 Å². The fourth-order valence-corrected chi connectivity index (χ4v) is 3.45. The predicted octanol–water partition coefficient (Wildman–Crippen LogP) is 3.25. The Labute approximate surface area is 146 Å². The molecule has 2 aromatic rings. The number of aromatic nitrogens is 2. The fourth-order valence-electron chi connectivity index (χ4n) is 3.45. The summed E-state index contributed by atoms with van der Waals surface area (Å²) in [5.41, 5.74) is 2.09. The van der Waals surface area contributed by atoms with Crippen LogP contribution in [0, 0.1) is 6.92 Å². The Bertz CT molecular complexity index is 763. The van der Waals surface area contributed by atoms with Gasteiger partial charge in [0.05, 0.1) is 18.5 Å². The summed E-state index contributed by atoms with van der Waals surface area (Å²) >= 11 is 0. The zero-order chi connectivity index (χ0) is 17.8. The molecule has 0 saturated heterocycles. The molecule has 6 heteroatoms. The number of hydrogen-bond donors (Lipinski definition) is 2. The summed E-state index contributed by atoms with van der Waals surface area (Å²) in [6, 6.07) is 8.98. The molecule has 1 atom stereocenters. The van der Waals surface area contributed by atoms with E-state index >= 15 is 0 Å². The van der Waals surface area contributed by atoms with E-state index < -0.39 is 12.0 Å². The molecule has 2 N–H and O–H groups in total. The summed E-state index contributed by atoms with van der Waals surface area (Å²) in [4.78, 5) is 23.8. The smallest absolute Gasteiger partial charge is 0.305 e. The van der Waals surface area contributed by atoms with Crippen molar-refractivity contribution in [2.24, 2.45) is 0 Å². The molecule has 1 amide bonds. The van der Waals surface area contributed by atoms with Gasteiger partial charge in [0.2, 0.25) is 0 Å². The first-order chi connectivity index (χ1) is 12.0. The number of aryl methyl sites for hydroxylation is 1. The van der Waals surface area contributed by atoms with Crippen LogP contribution in [-0.2, 0) is 4.79 Å². The number of carbonyl (C=O) groups is 2. The molecule has 0 bridgehead atoms. The molecule has 6 nitrogen and oxygen atoms in total. The fraction of sp³-hybridized carbons (Fsp3) is 0.421. The summed E-state index contributed by atoms with van der Waals surface area (Å²) < 4.78 is 1.86. The van der Waals surface area contributed by atoms with Crippen molar-refractivity contribution in [3.05, 3.63) is 53.3 Å². The Hall–Kier alpha value is -2.63. The number of amides is 1. The lowest BCUT2D eigenvalue weighted by Crippen LogP contribution is -2.31. The standard InChI is InChI=1S/C19H23N3O3/c1-13-6-2-5-9-15(13)17(12-18(23)24)20-19(25)16-10-11-22(21-16)14-7-3-4-8-14/h2,5-6,9-11,14,17H,3-4,7-8,12H2,1H3,(H,20,25)(H,23,24)/t17-/m0/s1. The first kappa shape index (κ1) is 17.2. The third-order valence-electron chi connectivity index (χ3n) is 4.79. The van der Waals surface area contributed by atoms with Crippen molar-refractivity contribution in [3.63, 3.8) is 0 Å². The SMILES string of the molecule is Cc1ccccc1[C@H](CC(=O)O)NC(=O)c1ccn(C2CCCC2)n1. The lowest BCUT2D eigenvalue weighted by molar-refractivity contribution is -0.137. The van der Waals surface area contributed by atoms with Gasteiger partial charge in [0.15, 0.2) is 0 Å². The van der Waals surface area contributed by atoms with Crippen molar-refractivity contribution >= 4 is 11.9 Å². The van der Waals surface area contributed by atoms with Crippen molar-refractivity contribution in [2.75, 3.05) is 0 Å². The van der Waals surface area contributed by atoms with E-state index in [9.17, 15) is 14.7 Å². The quantitative estimate of drug-likeness (QED) is 0.845. The van der Waals surface area contributed by atoms with Crippen molar-refractivity contribution < 1.29 is 14.7 Å². The summed E-state index contributed by atoms with van der Waals surface area (Å²) in [5, 5.41) is 16.4. The van der Waals surface area contributed by atoms with E-state index in [0.29, 0.717) is 11.7 Å². The maximum atomic E-state index is 12.6. The maximum absolute atomic E-state index is 12.6. The van der Waals surface area contributed by atoms with E-state index in [0.717, 1.165) is 24.0 Å². The summed E-state index contributed by atoms with van der Waals surface area (Å²) in [6.07, 6.45) is 6.24. The van der Waals surface area contributed by atoms with Crippen LogP contribution in [0.3, 0.4) is 0 Å². The van der Waals surface area contributed by atoms with Gasteiger partial charge >= 0.3 is 5.97 Å². The molecule has 3 rings (SSSR count). The maximum Gasteiger partial charge on any atom is 0.305 e. The molecule has 0 unspecified atom stereocenters. The Morgan fingerprint density at radius 2 is 2.00 bits per heavy atom. The normalized spacial score (nSPS) is 15.9. The molecule has 1 aliphatic carbocycles. The van der Waals surface area contributed by atoms with Crippen LogP contribution in [0.25, 0.3) is 0 Å². The minimum absolute atomic E-state index is 0.167. The van der Waals surface area contributed by atoms with Crippen molar-refractivity contribution in [1.29, 1.82) is 0 Å². The first-order valence-corrected chi connectivity index (χ1v) is 8.68. The molecule has 132 valence electrons. The molecular weight excluding hydrogens is 318 g/mol. The second-order valence-electron chi connectivity index (χ2n) is 6.60. The van der Waals surface area contributed by atoms with E-state index in [-0.39, 0.29) is 12.3 Å². The molecule has 1 heterocycles. The Morgan fingerprint density at radius 3 is 2.68 bits per heavy atom. The van der Waals surface area contributed by atoms with Crippen molar-refractivity contribution in [2.45, 2.75) is 51.1 Å². The number of benzene rings is 1. The highest BCUT2D eigenvalue weighted by atomic mass is 16.4. The summed E-state index contributed by atoms with van der Waals surface area (Å²) in [5.74, 6) is -1.30. The third kappa shape index (κ3) is 4.07. The number of carboxylic acids is 1. The first-order valence-electron chi connectivity index (χ1n) is 8.68. The second kappa shape index (κ2) is 7.51.